The molecule has 1 amide bonds. The molecule has 0 radical (unpaired) electrons. The van der Waals surface area contributed by atoms with Crippen molar-refractivity contribution in [2.45, 2.75) is 56.5 Å². The van der Waals surface area contributed by atoms with Gasteiger partial charge in [0.25, 0.3) is 0 Å². The third-order valence-electron chi connectivity index (χ3n) is 4.75. The number of hydrogen-bond acceptors (Lipinski definition) is 3. The minimum Gasteiger partial charge on any atom is -0.351 e. The molecule has 6 heteroatoms. The summed E-state index contributed by atoms with van der Waals surface area (Å²) in [6, 6.07) is 14.6. The van der Waals surface area contributed by atoms with E-state index in [1.54, 1.807) is 32.0 Å². The number of aryl methyl sites for hydroxylation is 1. The number of nitrogens with one attached hydrogen (secondary N) is 2. The molecular formula is C21H26N2O3S. The second kappa shape index (κ2) is 8.23. The summed E-state index contributed by atoms with van der Waals surface area (Å²) in [6.07, 6.45) is 2.86. The second-order valence-electron chi connectivity index (χ2n) is 7.28. The van der Waals surface area contributed by atoms with Gasteiger partial charge in [-0.25, -0.2) is 13.1 Å². The smallest absolute Gasteiger partial charge is 0.240 e. The number of rotatable bonds is 6. The normalized spacial score (nSPS) is 16.8. The average Bonchev–Trinajstić information content (AvgIpc) is 2.65. The van der Waals surface area contributed by atoms with Gasteiger partial charge in [0.05, 0.1) is 10.8 Å². The molecule has 0 spiro atoms. The minimum atomic E-state index is -3.54. The standard InChI is InChI=1S/C21H26N2O3S/c1-15(2)23-27(25,26)18-10-5-7-16(13-18)14-22-21(24)20-12-6-9-17-8-3-4-11-19(17)20/h3-5,7-8,10-11,13,15,20,23H,6,9,12,14H2,1-2H3,(H,22,24). The third kappa shape index (κ3) is 4.76. The summed E-state index contributed by atoms with van der Waals surface area (Å²) < 4.78 is 27.2. The number of sulfonamides is 1. The number of hydrogen-bond donors (Lipinski definition) is 2. The van der Waals surface area contributed by atoms with Crippen LogP contribution in [0.15, 0.2) is 53.4 Å². The fraction of sp³-hybridized carbons (Fsp3) is 0.381. The van der Waals surface area contributed by atoms with E-state index in [1.165, 1.54) is 5.56 Å². The first-order valence-corrected chi connectivity index (χ1v) is 10.8. The van der Waals surface area contributed by atoms with Gasteiger partial charge >= 0.3 is 0 Å². The molecule has 1 aliphatic rings. The second-order valence-corrected chi connectivity index (χ2v) is 9.00. The lowest BCUT2D eigenvalue weighted by Gasteiger charge is -2.24. The number of carbonyl (C=O) groups is 1. The molecule has 1 atom stereocenters. The van der Waals surface area contributed by atoms with Gasteiger partial charge in [0.15, 0.2) is 0 Å². The molecule has 3 rings (SSSR count). The van der Waals surface area contributed by atoms with Crippen molar-refractivity contribution in [2.24, 2.45) is 0 Å². The maximum Gasteiger partial charge on any atom is 0.240 e. The van der Waals surface area contributed by atoms with Crippen LogP contribution in [0.5, 0.6) is 0 Å². The first-order chi connectivity index (χ1) is 12.9. The average molecular weight is 387 g/mol. The molecule has 0 fully saturated rings. The van der Waals surface area contributed by atoms with Crippen molar-refractivity contribution in [1.29, 1.82) is 0 Å². The summed E-state index contributed by atoms with van der Waals surface area (Å²) in [5.74, 6) is -0.139. The summed E-state index contributed by atoms with van der Waals surface area (Å²) >= 11 is 0. The van der Waals surface area contributed by atoms with E-state index in [9.17, 15) is 13.2 Å². The van der Waals surface area contributed by atoms with Gasteiger partial charge in [-0.05, 0) is 61.9 Å². The molecule has 0 heterocycles. The molecule has 0 bridgehead atoms. The Bertz CT molecular complexity index is 923. The molecule has 1 aliphatic carbocycles. The highest BCUT2D eigenvalue weighted by atomic mass is 32.2. The number of amides is 1. The Kier molecular flexibility index (Phi) is 5.97. The first kappa shape index (κ1) is 19.6. The number of benzene rings is 2. The molecule has 2 aromatic carbocycles. The van der Waals surface area contributed by atoms with Crippen molar-refractivity contribution < 1.29 is 13.2 Å². The molecule has 0 saturated heterocycles. The van der Waals surface area contributed by atoms with Gasteiger partial charge in [-0.15, -0.1) is 0 Å². The molecule has 27 heavy (non-hydrogen) atoms. The lowest BCUT2D eigenvalue weighted by Crippen LogP contribution is -2.31. The third-order valence-corrected chi connectivity index (χ3v) is 6.41. The van der Waals surface area contributed by atoms with Gasteiger partial charge in [0.2, 0.25) is 15.9 Å². The van der Waals surface area contributed by atoms with E-state index in [-0.39, 0.29) is 22.8 Å². The van der Waals surface area contributed by atoms with Crippen LogP contribution in [-0.4, -0.2) is 20.4 Å². The Morgan fingerprint density at radius 3 is 2.70 bits per heavy atom. The van der Waals surface area contributed by atoms with Crippen LogP contribution in [0, 0.1) is 0 Å². The van der Waals surface area contributed by atoms with E-state index in [4.69, 9.17) is 0 Å². The minimum absolute atomic E-state index is 0.00397. The maximum atomic E-state index is 12.7. The summed E-state index contributed by atoms with van der Waals surface area (Å²) in [7, 11) is -3.54. The van der Waals surface area contributed by atoms with E-state index < -0.39 is 10.0 Å². The zero-order chi connectivity index (χ0) is 19.4. The monoisotopic (exact) mass is 386 g/mol. The molecule has 0 aromatic heterocycles. The topological polar surface area (TPSA) is 75.3 Å². The first-order valence-electron chi connectivity index (χ1n) is 9.33. The van der Waals surface area contributed by atoms with Gasteiger partial charge in [-0.2, -0.15) is 0 Å². The van der Waals surface area contributed by atoms with Crippen molar-refractivity contribution in [1.82, 2.24) is 10.0 Å². The Hall–Kier alpha value is -2.18. The Morgan fingerprint density at radius 1 is 1.15 bits per heavy atom. The predicted octanol–water partition coefficient (Wildman–Crippen LogP) is 3.11. The van der Waals surface area contributed by atoms with E-state index in [0.717, 1.165) is 30.4 Å². The van der Waals surface area contributed by atoms with Crippen molar-refractivity contribution in [3.8, 4) is 0 Å². The van der Waals surface area contributed by atoms with Crippen LogP contribution >= 0.6 is 0 Å². The summed E-state index contributed by atoms with van der Waals surface area (Å²) in [4.78, 5) is 12.9. The van der Waals surface area contributed by atoms with Crippen molar-refractivity contribution in [3.63, 3.8) is 0 Å². The van der Waals surface area contributed by atoms with E-state index in [2.05, 4.69) is 16.1 Å². The molecule has 144 valence electrons. The lowest BCUT2D eigenvalue weighted by atomic mass is 9.82. The fourth-order valence-corrected chi connectivity index (χ4v) is 4.86. The highest BCUT2D eigenvalue weighted by Gasteiger charge is 2.26. The van der Waals surface area contributed by atoms with Gasteiger partial charge in [0.1, 0.15) is 0 Å². The SMILES string of the molecule is CC(C)NS(=O)(=O)c1cccc(CNC(=O)C2CCCc3ccccc32)c1. The molecular weight excluding hydrogens is 360 g/mol. The molecule has 5 nitrogen and oxygen atoms in total. The van der Waals surface area contributed by atoms with Crippen molar-refractivity contribution in [3.05, 3.63) is 65.2 Å². The summed E-state index contributed by atoms with van der Waals surface area (Å²) in [5, 5.41) is 2.97. The number of fused-ring (bicyclic) bond motifs is 1. The van der Waals surface area contributed by atoms with E-state index in [0.29, 0.717) is 6.54 Å². The zero-order valence-electron chi connectivity index (χ0n) is 15.7. The van der Waals surface area contributed by atoms with Crippen LogP contribution < -0.4 is 10.0 Å². The molecule has 0 aliphatic heterocycles. The van der Waals surface area contributed by atoms with Crippen molar-refractivity contribution in [2.75, 3.05) is 0 Å². The molecule has 1 unspecified atom stereocenters. The van der Waals surface area contributed by atoms with Crippen LogP contribution in [0.4, 0.5) is 0 Å². The fourth-order valence-electron chi connectivity index (χ4n) is 3.54. The van der Waals surface area contributed by atoms with Crippen LogP contribution in [0.1, 0.15) is 49.3 Å². The summed E-state index contributed by atoms with van der Waals surface area (Å²) in [6.45, 7) is 3.87. The Balaban J connectivity index is 1.69. The van der Waals surface area contributed by atoms with E-state index >= 15 is 0 Å². The predicted molar refractivity (Wildman–Crippen MR) is 106 cm³/mol. The van der Waals surface area contributed by atoms with Crippen LogP contribution in [0.25, 0.3) is 0 Å². The highest BCUT2D eigenvalue weighted by molar-refractivity contribution is 7.89. The molecule has 2 aromatic rings. The van der Waals surface area contributed by atoms with Crippen molar-refractivity contribution >= 4 is 15.9 Å². The van der Waals surface area contributed by atoms with Crippen LogP contribution in [0.2, 0.25) is 0 Å². The van der Waals surface area contributed by atoms with Crippen LogP contribution in [0.3, 0.4) is 0 Å². The van der Waals surface area contributed by atoms with Gasteiger partial charge in [-0.3, -0.25) is 4.79 Å². The Morgan fingerprint density at radius 2 is 1.93 bits per heavy atom. The quantitative estimate of drug-likeness (QED) is 0.801. The van der Waals surface area contributed by atoms with E-state index in [1.807, 2.05) is 24.3 Å². The largest absolute Gasteiger partial charge is 0.351 e. The molecule has 0 saturated carbocycles. The lowest BCUT2D eigenvalue weighted by molar-refractivity contribution is -0.123. The van der Waals surface area contributed by atoms with Gasteiger partial charge < -0.3 is 5.32 Å². The zero-order valence-corrected chi connectivity index (χ0v) is 16.6. The molecule has 2 N–H and O–H groups in total. The van der Waals surface area contributed by atoms with Crippen LogP contribution in [-0.2, 0) is 27.8 Å². The Labute approximate surface area is 161 Å². The van der Waals surface area contributed by atoms with Gasteiger partial charge in [0, 0.05) is 12.6 Å². The van der Waals surface area contributed by atoms with Gasteiger partial charge in [-0.1, -0.05) is 36.4 Å². The summed E-state index contributed by atoms with van der Waals surface area (Å²) in [5.41, 5.74) is 3.12. The highest BCUT2D eigenvalue weighted by Crippen LogP contribution is 2.31. The maximum absolute atomic E-state index is 12.7. The number of carbonyl (C=O) groups excluding carboxylic acids is 1.